The largest absolute Gasteiger partial charge is 0.381 e. The van der Waals surface area contributed by atoms with E-state index >= 15 is 0 Å². The molecular weight excluding hydrogens is 382 g/mol. The van der Waals surface area contributed by atoms with Gasteiger partial charge in [0.25, 0.3) is 5.91 Å². The van der Waals surface area contributed by atoms with Gasteiger partial charge in [0.15, 0.2) is 0 Å². The van der Waals surface area contributed by atoms with Gasteiger partial charge < -0.3 is 19.2 Å². The number of nitrogens with one attached hydrogen (secondary N) is 1. The van der Waals surface area contributed by atoms with Crippen LogP contribution in [0.5, 0.6) is 0 Å². The number of pyridine rings is 2. The molecule has 0 unspecified atom stereocenters. The van der Waals surface area contributed by atoms with Crippen molar-refractivity contribution in [1.82, 2.24) is 29.1 Å². The number of imidazole rings is 2. The van der Waals surface area contributed by atoms with Crippen LogP contribution in [0.15, 0.2) is 49.6 Å². The number of aryl methyl sites for hydroxylation is 1. The van der Waals surface area contributed by atoms with Gasteiger partial charge in [-0.3, -0.25) is 9.78 Å². The topological polar surface area (TPSA) is 99.8 Å². The second kappa shape index (κ2) is 7.68. The molecule has 4 aromatic rings. The lowest BCUT2D eigenvalue weighted by atomic mass is 10.1. The molecule has 0 atom stereocenters. The number of anilines is 1. The summed E-state index contributed by atoms with van der Waals surface area (Å²) in [5.74, 6) is 0.167. The standard InChI is InChI=1S/C21H21N7O2/c1-27-12-22-10-19(27)15-6-14-7-20(24-9-17(14)23-8-15)26-21(29)18-11-28(13-25-18)16-2-4-30-5-3-16/h6-13,16H,2-5H2,1H3,(H,24,26,29). The fourth-order valence-corrected chi connectivity index (χ4v) is 3.69. The van der Waals surface area contributed by atoms with Gasteiger partial charge in [0.1, 0.15) is 11.5 Å². The first-order valence-electron chi connectivity index (χ1n) is 9.82. The van der Waals surface area contributed by atoms with E-state index in [0.29, 0.717) is 17.6 Å². The number of carbonyl (C=O) groups is 1. The van der Waals surface area contributed by atoms with Crippen LogP contribution in [0.2, 0.25) is 0 Å². The van der Waals surface area contributed by atoms with Crippen LogP contribution in [0.3, 0.4) is 0 Å². The first-order chi connectivity index (χ1) is 14.7. The smallest absolute Gasteiger partial charge is 0.276 e. The summed E-state index contributed by atoms with van der Waals surface area (Å²) in [7, 11) is 1.93. The lowest BCUT2D eigenvalue weighted by molar-refractivity contribution is 0.0695. The Kier molecular flexibility index (Phi) is 4.72. The average molecular weight is 403 g/mol. The van der Waals surface area contributed by atoms with Gasteiger partial charge >= 0.3 is 0 Å². The number of aromatic nitrogens is 6. The zero-order valence-electron chi connectivity index (χ0n) is 16.5. The van der Waals surface area contributed by atoms with Gasteiger partial charge in [0.05, 0.1) is 36.3 Å². The fourth-order valence-electron chi connectivity index (χ4n) is 3.69. The van der Waals surface area contributed by atoms with Crippen LogP contribution < -0.4 is 5.32 Å². The highest BCUT2D eigenvalue weighted by atomic mass is 16.5. The molecule has 1 aliphatic heterocycles. The SMILES string of the molecule is Cn1cncc1-c1cnc2cnc(NC(=O)c3cn(C4CCOCC4)cn3)cc2c1. The number of rotatable bonds is 4. The van der Waals surface area contributed by atoms with Crippen LogP contribution in [0.25, 0.3) is 22.2 Å². The zero-order chi connectivity index (χ0) is 20.5. The number of fused-ring (bicyclic) bond motifs is 1. The zero-order valence-corrected chi connectivity index (χ0v) is 16.5. The minimum absolute atomic E-state index is 0.289. The molecule has 1 fully saturated rings. The Morgan fingerprint density at radius 2 is 1.97 bits per heavy atom. The second-order valence-corrected chi connectivity index (χ2v) is 7.38. The highest BCUT2D eigenvalue weighted by Gasteiger charge is 2.18. The summed E-state index contributed by atoms with van der Waals surface area (Å²) < 4.78 is 9.32. The van der Waals surface area contributed by atoms with Crippen molar-refractivity contribution >= 4 is 22.6 Å². The van der Waals surface area contributed by atoms with Crippen molar-refractivity contribution in [3.05, 3.63) is 55.3 Å². The number of nitrogens with zero attached hydrogens (tertiary/aromatic N) is 6. The van der Waals surface area contributed by atoms with Crippen LogP contribution >= 0.6 is 0 Å². The third kappa shape index (κ3) is 3.55. The number of amides is 1. The molecule has 1 amide bonds. The van der Waals surface area contributed by atoms with Crippen LogP contribution in [-0.4, -0.2) is 48.2 Å². The maximum absolute atomic E-state index is 12.7. The highest BCUT2D eigenvalue weighted by Crippen LogP contribution is 2.24. The van der Waals surface area contributed by atoms with Crippen molar-refractivity contribution in [2.24, 2.45) is 7.05 Å². The number of carbonyl (C=O) groups excluding carboxylic acids is 1. The second-order valence-electron chi connectivity index (χ2n) is 7.38. The fraction of sp³-hybridized carbons (Fsp3) is 0.286. The summed E-state index contributed by atoms with van der Waals surface area (Å²) in [6.07, 6.45) is 12.3. The monoisotopic (exact) mass is 403 g/mol. The molecule has 0 saturated carbocycles. The molecule has 0 radical (unpaired) electrons. The van der Waals surface area contributed by atoms with Crippen LogP contribution in [-0.2, 0) is 11.8 Å². The first-order valence-corrected chi connectivity index (χ1v) is 9.82. The van der Waals surface area contributed by atoms with Crippen molar-refractivity contribution < 1.29 is 9.53 Å². The average Bonchev–Trinajstić information content (AvgIpc) is 3.43. The van der Waals surface area contributed by atoms with Crippen LogP contribution in [0.1, 0.15) is 29.4 Å². The lowest BCUT2D eigenvalue weighted by Crippen LogP contribution is -2.18. The van der Waals surface area contributed by atoms with Crippen molar-refractivity contribution in [2.75, 3.05) is 18.5 Å². The van der Waals surface area contributed by atoms with E-state index in [0.717, 1.165) is 48.2 Å². The Labute approximate surface area is 172 Å². The Morgan fingerprint density at radius 3 is 2.77 bits per heavy atom. The Hall–Kier alpha value is -3.59. The van der Waals surface area contributed by atoms with Crippen LogP contribution in [0.4, 0.5) is 5.82 Å². The molecule has 5 heterocycles. The molecule has 0 spiro atoms. The van der Waals surface area contributed by atoms with Gasteiger partial charge in [-0.1, -0.05) is 0 Å². The quantitative estimate of drug-likeness (QED) is 0.562. The summed E-state index contributed by atoms with van der Waals surface area (Å²) in [4.78, 5) is 29.9. The molecule has 0 bridgehead atoms. The minimum Gasteiger partial charge on any atom is -0.381 e. The molecule has 9 heteroatoms. The molecule has 1 N–H and O–H groups in total. The third-order valence-electron chi connectivity index (χ3n) is 5.37. The van der Waals surface area contributed by atoms with Gasteiger partial charge in [-0.25, -0.2) is 15.0 Å². The van der Waals surface area contributed by atoms with E-state index in [-0.39, 0.29) is 5.91 Å². The van der Waals surface area contributed by atoms with Gasteiger partial charge in [0.2, 0.25) is 0 Å². The van der Waals surface area contributed by atoms with Crippen LogP contribution in [0, 0.1) is 0 Å². The van der Waals surface area contributed by atoms with Gasteiger partial charge in [0, 0.05) is 49.6 Å². The lowest BCUT2D eigenvalue weighted by Gasteiger charge is -2.22. The summed E-state index contributed by atoms with van der Waals surface area (Å²) in [5.41, 5.74) is 3.03. The van der Waals surface area contributed by atoms with E-state index in [1.54, 1.807) is 37.4 Å². The number of ether oxygens (including phenoxy) is 1. The maximum atomic E-state index is 12.7. The molecular formula is C21H21N7O2. The minimum atomic E-state index is -0.289. The van der Waals surface area contributed by atoms with Crippen molar-refractivity contribution in [1.29, 1.82) is 0 Å². The number of hydrogen-bond donors (Lipinski definition) is 1. The summed E-state index contributed by atoms with van der Waals surface area (Å²) in [6.45, 7) is 1.47. The Balaban J connectivity index is 1.36. The normalized spacial score (nSPS) is 14.8. The Bertz CT molecular complexity index is 1210. The molecule has 30 heavy (non-hydrogen) atoms. The first kappa shape index (κ1) is 18.4. The summed E-state index contributed by atoms with van der Waals surface area (Å²) in [6, 6.07) is 4.15. The maximum Gasteiger partial charge on any atom is 0.276 e. The molecule has 0 aliphatic carbocycles. The molecule has 152 valence electrons. The predicted molar refractivity (Wildman–Crippen MR) is 111 cm³/mol. The van der Waals surface area contributed by atoms with E-state index in [1.807, 2.05) is 28.3 Å². The van der Waals surface area contributed by atoms with E-state index < -0.39 is 0 Å². The molecule has 5 rings (SSSR count). The summed E-state index contributed by atoms with van der Waals surface area (Å²) >= 11 is 0. The van der Waals surface area contributed by atoms with E-state index in [1.165, 1.54) is 0 Å². The predicted octanol–water partition coefficient (Wildman–Crippen LogP) is 2.83. The van der Waals surface area contributed by atoms with Gasteiger partial charge in [-0.05, 0) is 25.0 Å². The van der Waals surface area contributed by atoms with Gasteiger partial charge in [-0.2, -0.15) is 0 Å². The molecule has 1 aliphatic rings. The van der Waals surface area contributed by atoms with E-state index in [4.69, 9.17) is 4.74 Å². The van der Waals surface area contributed by atoms with Gasteiger partial charge in [-0.15, -0.1) is 0 Å². The van der Waals surface area contributed by atoms with E-state index in [2.05, 4.69) is 25.3 Å². The Morgan fingerprint density at radius 1 is 1.10 bits per heavy atom. The van der Waals surface area contributed by atoms with Crippen molar-refractivity contribution in [2.45, 2.75) is 18.9 Å². The van der Waals surface area contributed by atoms with E-state index in [9.17, 15) is 4.79 Å². The van der Waals surface area contributed by atoms with Crippen molar-refractivity contribution in [3.8, 4) is 11.3 Å². The van der Waals surface area contributed by atoms with Crippen molar-refractivity contribution in [3.63, 3.8) is 0 Å². The molecule has 4 aromatic heterocycles. The molecule has 0 aromatic carbocycles. The third-order valence-corrected chi connectivity index (χ3v) is 5.37. The number of hydrogen-bond acceptors (Lipinski definition) is 6. The molecule has 9 nitrogen and oxygen atoms in total. The highest BCUT2D eigenvalue weighted by molar-refractivity contribution is 6.03. The molecule has 1 saturated heterocycles. The summed E-state index contributed by atoms with van der Waals surface area (Å²) in [5, 5.41) is 3.72.